The predicted octanol–water partition coefficient (Wildman–Crippen LogP) is 4.62. The standard InChI is InChI=1S/C23H19ClN6O2S/c1-13-28-29-22-18(12-20(31)27-23-25-9-10-33-23)26-21(14-3-5-15(24)6-4-14)17-11-16(32-2)7-8-19(17)30(13)22/h3-11,18H,12H2,1-2H3,(H,25,27,31). The molecule has 0 fully saturated rings. The maximum absolute atomic E-state index is 12.9. The molecular weight excluding hydrogens is 460 g/mol. The summed E-state index contributed by atoms with van der Waals surface area (Å²) in [5.41, 5.74) is 3.31. The lowest BCUT2D eigenvalue weighted by Crippen LogP contribution is -2.17. The highest BCUT2D eigenvalue weighted by Crippen LogP contribution is 2.34. The van der Waals surface area contributed by atoms with Crippen LogP contribution in [0.15, 0.2) is 59.0 Å². The molecule has 0 radical (unpaired) electrons. The van der Waals surface area contributed by atoms with Gasteiger partial charge in [-0.3, -0.25) is 14.4 Å². The van der Waals surface area contributed by atoms with E-state index in [2.05, 4.69) is 20.5 Å². The summed E-state index contributed by atoms with van der Waals surface area (Å²) < 4.78 is 7.43. The number of amides is 1. The monoisotopic (exact) mass is 478 g/mol. The minimum absolute atomic E-state index is 0.0833. The fraction of sp³-hybridized carbons (Fsp3) is 0.174. The molecule has 10 heteroatoms. The first kappa shape index (κ1) is 21.3. The van der Waals surface area contributed by atoms with Crippen molar-refractivity contribution in [3.63, 3.8) is 0 Å². The molecule has 1 aliphatic rings. The molecule has 1 N–H and O–H groups in total. The van der Waals surface area contributed by atoms with E-state index in [-0.39, 0.29) is 12.3 Å². The zero-order valence-electron chi connectivity index (χ0n) is 17.8. The van der Waals surface area contributed by atoms with Crippen molar-refractivity contribution >= 4 is 39.7 Å². The van der Waals surface area contributed by atoms with Gasteiger partial charge in [0, 0.05) is 27.7 Å². The lowest BCUT2D eigenvalue weighted by atomic mass is 10.00. The summed E-state index contributed by atoms with van der Waals surface area (Å²) in [6.07, 6.45) is 1.73. The van der Waals surface area contributed by atoms with Crippen molar-refractivity contribution in [1.29, 1.82) is 0 Å². The molecule has 3 heterocycles. The number of hydrogen-bond donors (Lipinski definition) is 1. The number of anilines is 1. The molecule has 0 spiro atoms. The van der Waals surface area contributed by atoms with E-state index < -0.39 is 6.04 Å². The van der Waals surface area contributed by atoms with Crippen molar-refractivity contribution < 1.29 is 9.53 Å². The van der Waals surface area contributed by atoms with Gasteiger partial charge in [-0.25, -0.2) is 4.98 Å². The lowest BCUT2D eigenvalue weighted by Gasteiger charge is -2.14. The Bertz CT molecular complexity index is 1350. The Morgan fingerprint density at radius 1 is 1.21 bits per heavy atom. The van der Waals surface area contributed by atoms with Crippen LogP contribution in [-0.4, -0.2) is 38.5 Å². The molecule has 1 amide bonds. The number of benzene rings is 2. The molecule has 0 bridgehead atoms. The lowest BCUT2D eigenvalue weighted by molar-refractivity contribution is -0.116. The van der Waals surface area contributed by atoms with Crippen LogP contribution >= 0.6 is 22.9 Å². The Morgan fingerprint density at radius 3 is 2.76 bits per heavy atom. The second-order valence-electron chi connectivity index (χ2n) is 7.41. The van der Waals surface area contributed by atoms with Crippen LogP contribution < -0.4 is 10.1 Å². The Morgan fingerprint density at radius 2 is 2.03 bits per heavy atom. The van der Waals surface area contributed by atoms with E-state index in [9.17, 15) is 4.79 Å². The van der Waals surface area contributed by atoms with E-state index in [1.807, 2.05) is 59.3 Å². The fourth-order valence-corrected chi connectivity index (χ4v) is 4.48. The Kier molecular flexibility index (Phi) is 5.65. The molecule has 1 aliphatic heterocycles. The zero-order valence-corrected chi connectivity index (χ0v) is 19.4. The maximum atomic E-state index is 12.9. The van der Waals surface area contributed by atoms with Gasteiger partial charge in [-0.15, -0.1) is 21.5 Å². The van der Waals surface area contributed by atoms with Crippen LogP contribution in [0, 0.1) is 6.92 Å². The molecule has 2 aromatic heterocycles. The Labute approximate surface area is 198 Å². The molecule has 1 unspecified atom stereocenters. The van der Waals surface area contributed by atoms with E-state index in [1.165, 1.54) is 11.3 Å². The van der Waals surface area contributed by atoms with Gasteiger partial charge >= 0.3 is 0 Å². The Balaban J connectivity index is 1.66. The van der Waals surface area contributed by atoms with Crippen molar-refractivity contribution in [2.24, 2.45) is 4.99 Å². The van der Waals surface area contributed by atoms with Crippen LogP contribution in [0.5, 0.6) is 5.75 Å². The van der Waals surface area contributed by atoms with Crippen LogP contribution in [0.4, 0.5) is 5.13 Å². The summed E-state index contributed by atoms with van der Waals surface area (Å²) in [5, 5.41) is 14.5. The van der Waals surface area contributed by atoms with Gasteiger partial charge in [0.1, 0.15) is 17.6 Å². The number of aryl methyl sites for hydroxylation is 1. The number of aliphatic imine (C=N–C) groups is 1. The number of halogens is 1. The fourth-order valence-electron chi connectivity index (χ4n) is 3.81. The first-order valence-corrected chi connectivity index (χ1v) is 11.4. The van der Waals surface area contributed by atoms with Crippen molar-refractivity contribution in [2.75, 3.05) is 12.4 Å². The minimum atomic E-state index is -0.560. The van der Waals surface area contributed by atoms with Crippen LogP contribution in [0.3, 0.4) is 0 Å². The Hall–Kier alpha value is -3.56. The van der Waals surface area contributed by atoms with Gasteiger partial charge in [0.25, 0.3) is 0 Å². The number of nitrogens with zero attached hydrogens (tertiary/aromatic N) is 5. The minimum Gasteiger partial charge on any atom is -0.497 e. The van der Waals surface area contributed by atoms with Gasteiger partial charge in [0.05, 0.1) is 24.9 Å². The van der Waals surface area contributed by atoms with Gasteiger partial charge in [0.15, 0.2) is 11.0 Å². The van der Waals surface area contributed by atoms with Crippen molar-refractivity contribution in [3.05, 3.63) is 81.8 Å². The maximum Gasteiger partial charge on any atom is 0.228 e. The summed E-state index contributed by atoms with van der Waals surface area (Å²) in [6.45, 7) is 1.88. The molecule has 2 aromatic carbocycles. The second kappa shape index (κ2) is 8.76. The van der Waals surface area contributed by atoms with Crippen LogP contribution in [0.25, 0.3) is 5.69 Å². The van der Waals surface area contributed by atoms with E-state index in [0.29, 0.717) is 27.6 Å². The molecule has 0 saturated carbocycles. The van der Waals surface area contributed by atoms with E-state index in [4.69, 9.17) is 21.3 Å². The summed E-state index contributed by atoms with van der Waals surface area (Å²) >= 11 is 7.49. The first-order chi connectivity index (χ1) is 16.0. The third-order valence-corrected chi connectivity index (χ3v) is 6.25. The van der Waals surface area contributed by atoms with E-state index in [1.54, 1.807) is 13.3 Å². The predicted molar refractivity (Wildman–Crippen MR) is 128 cm³/mol. The second-order valence-corrected chi connectivity index (χ2v) is 8.74. The number of nitrogens with one attached hydrogen (secondary N) is 1. The molecule has 5 rings (SSSR count). The number of rotatable bonds is 5. The largest absolute Gasteiger partial charge is 0.497 e. The molecule has 4 aromatic rings. The number of carbonyl (C=O) groups is 1. The third-order valence-electron chi connectivity index (χ3n) is 5.31. The summed E-state index contributed by atoms with van der Waals surface area (Å²) in [6, 6.07) is 12.7. The van der Waals surface area contributed by atoms with Gasteiger partial charge in [-0.2, -0.15) is 0 Å². The first-order valence-electron chi connectivity index (χ1n) is 10.2. The van der Waals surface area contributed by atoms with Crippen LogP contribution in [0.1, 0.15) is 35.2 Å². The molecule has 166 valence electrons. The van der Waals surface area contributed by atoms with Gasteiger partial charge in [-0.05, 0) is 37.3 Å². The topological polar surface area (TPSA) is 94.3 Å². The zero-order chi connectivity index (χ0) is 22.9. The normalized spacial score (nSPS) is 14.6. The average molecular weight is 479 g/mol. The van der Waals surface area contributed by atoms with E-state index >= 15 is 0 Å². The number of methoxy groups -OCH3 is 1. The highest BCUT2D eigenvalue weighted by Gasteiger charge is 2.30. The number of aromatic nitrogens is 4. The molecular formula is C23H19ClN6O2S. The summed E-state index contributed by atoms with van der Waals surface area (Å²) in [4.78, 5) is 22.0. The van der Waals surface area contributed by atoms with Crippen LogP contribution in [-0.2, 0) is 4.79 Å². The highest BCUT2D eigenvalue weighted by atomic mass is 35.5. The van der Waals surface area contributed by atoms with Gasteiger partial charge < -0.3 is 10.1 Å². The molecule has 0 aliphatic carbocycles. The number of thiazole rings is 1. The number of fused-ring (bicyclic) bond motifs is 3. The third kappa shape index (κ3) is 4.12. The quantitative estimate of drug-likeness (QED) is 0.452. The SMILES string of the molecule is COc1ccc2c(c1)C(c1ccc(Cl)cc1)=NC(CC(=O)Nc1nccs1)c1nnc(C)n1-2. The number of hydrogen-bond acceptors (Lipinski definition) is 7. The van der Waals surface area contributed by atoms with Crippen molar-refractivity contribution in [1.82, 2.24) is 19.7 Å². The van der Waals surface area contributed by atoms with Crippen molar-refractivity contribution in [3.8, 4) is 11.4 Å². The molecule has 33 heavy (non-hydrogen) atoms. The molecule has 0 saturated heterocycles. The van der Waals surface area contributed by atoms with Crippen LogP contribution in [0.2, 0.25) is 5.02 Å². The smallest absolute Gasteiger partial charge is 0.228 e. The van der Waals surface area contributed by atoms with Crippen molar-refractivity contribution in [2.45, 2.75) is 19.4 Å². The number of carbonyl (C=O) groups excluding carboxylic acids is 1. The number of ether oxygens (including phenoxy) is 1. The summed E-state index contributed by atoms with van der Waals surface area (Å²) in [7, 11) is 1.62. The summed E-state index contributed by atoms with van der Waals surface area (Å²) in [5.74, 6) is 1.79. The molecule has 1 atom stereocenters. The van der Waals surface area contributed by atoms with Gasteiger partial charge in [-0.1, -0.05) is 23.7 Å². The highest BCUT2D eigenvalue weighted by molar-refractivity contribution is 7.13. The average Bonchev–Trinajstić information content (AvgIpc) is 3.43. The van der Waals surface area contributed by atoms with E-state index in [0.717, 1.165) is 22.5 Å². The molecule has 8 nitrogen and oxygen atoms in total. The van der Waals surface area contributed by atoms with Gasteiger partial charge in [0.2, 0.25) is 5.91 Å².